The SMILES string of the molecule is COC(=O)CCSc1nc2cc3ccccc3cc2c(=O)n1C. The molecule has 0 saturated carbocycles. The summed E-state index contributed by atoms with van der Waals surface area (Å²) < 4.78 is 6.15. The predicted molar refractivity (Wildman–Crippen MR) is 91.8 cm³/mol. The van der Waals surface area contributed by atoms with Crippen LogP contribution in [-0.2, 0) is 16.6 Å². The molecular weight excluding hydrogens is 312 g/mol. The zero-order valence-corrected chi connectivity index (χ0v) is 13.7. The van der Waals surface area contributed by atoms with Crippen LogP contribution in [0.25, 0.3) is 21.7 Å². The second kappa shape index (κ2) is 6.42. The monoisotopic (exact) mass is 328 g/mol. The molecule has 0 aliphatic carbocycles. The van der Waals surface area contributed by atoms with Crippen molar-refractivity contribution in [2.75, 3.05) is 12.9 Å². The fraction of sp³-hybridized carbons (Fsp3) is 0.235. The topological polar surface area (TPSA) is 61.2 Å². The van der Waals surface area contributed by atoms with Crippen molar-refractivity contribution in [1.29, 1.82) is 0 Å². The highest BCUT2D eigenvalue weighted by atomic mass is 32.2. The van der Waals surface area contributed by atoms with Crippen molar-refractivity contribution in [1.82, 2.24) is 9.55 Å². The molecule has 0 spiro atoms. The Hall–Kier alpha value is -2.34. The van der Waals surface area contributed by atoms with Gasteiger partial charge in [0.15, 0.2) is 5.16 Å². The van der Waals surface area contributed by atoms with Crippen LogP contribution in [0.3, 0.4) is 0 Å². The maximum Gasteiger partial charge on any atom is 0.306 e. The van der Waals surface area contributed by atoms with Gasteiger partial charge in [-0.2, -0.15) is 0 Å². The fourth-order valence-electron chi connectivity index (χ4n) is 2.39. The minimum absolute atomic E-state index is 0.0821. The molecule has 2 aromatic carbocycles. The molecule has 0 fully saturated rings. The van der Waals surface area contributed by atoms with Gasteiger partial charge in [0.1, 0.15) is 0 Å². The lowest BCUT2D eigenvalue weighted by Gasteiger charge is -2.09. The number of rotatable bonds is 4. The number of fused-ring (bicyclic) bond motifs is 2. The van der Waals surface area contributed by atoms with E-state index in [9.17, 15) is 9.59 Å². The number of nitrogens with zero attached hydrogens (tertiary/aromatic N) is 2. The summed E-state index contributed by atoms with van der Waals surface area (Å²) in [5.41, 5.74) is 0.591. The molecule has 3 aromatic rings. The number of methoxy groups -OCH3 is 1. The van der Waals surface area contributed by atoms with E-state index in [1.165, 1.54) is 23.4 Å². The van der Waals surface area contributed by atoms with Crippen LogP contribution in [0.5, 0.6) is 0 Å². The third kappa shape index (κ3) is 3.07. The summed E-state index contributed by atoms with van der Waals surface area (Å²) in [5, 5.41) is 3.27. The van der Waals surface area contributed by atoms with E-state index in [0.29, 0.717) is 21.8 Å². The van der Waals surface area contributed by atoms with Crippen LogP contribution in [0.2, 0.25) is 0 Å². The number of aromatic nitrogens is 2. The molecule has 0 N–H and O–H groups in total. The van der Waals surface area contributed by atoms with E-state index in [4.69, 9.17) is 0 Å². The zero-order valence-electron chi connectivity index (χ0n) is 12.9. The van der Waals surface area contributed by atoms with Crippen LogP contribution >= 0.6 is 11.8 Å². The lowest BCUT2D eigenvalue weighted by molar-refractivity contribution is -0.140. The van der Waals surface area contributed by atoms with Crippen LogP contribution in [-0.4, -0.2) is 28.4 Å². The molecule has 3 rings (SSSR count). The number of ether oxygens (including phenoxy) is 1. The third-order valence-electron chi connectivity index (χ3n) is 3.67. The maximum absolute atomic E-state index is 12.6. The fourth-order valence-corrected chi connectivity index (χ4v) is 3.29. The molecule has 0 amide bonds. The van der Waals surface area contributed by atoms with Gasteiger partial charge in [0.25, 0.3) is 5.56 Å². The number of esters is 1. The molecule has 0 saturated heterocycles. The Morgan fingerprint density at radius 3 is 2.65 bits per heavy atom. The number of carbonyl (C=O) groups is 1. The minimum atomic E-state index is -0.269. The number of carbonyl (C=O) groups excluding carboxylic acids is 1. The molecule has 1 aromatic heterocycles. The van der Waals surface area contributed by atoms with E-state index in [1.54, 1.807) is 7.05 Å². The Balaban J connectivity index is 2.03. The summed E-state index contributed by atoms with van der Waals surface area (Å²) in [4.78, 5) is 28.3. The van der Waals surface area contributed by atoms with Gasteiger partial charge in [-0.05, 0) is 22.9 Å². The van der Waals surface area contributed by atoms with Gasteiger partial charge in [-0.3, -0.25) is 14.2 Å². The molecule has 6 heteroatoms. The first-order chi connectivity index (χ1) is 11.1. The van der Waals surface area contributed by atoms with E-state index in [-0.39, 0.29) is 17.9 Å². The molecule has 23 heavy (non-hydrogen) atoms. The quantitative estimate of drug-likeness (QED) is 0.319. The van der Waals surface area contributed by atoms with Crippen molar-refractivity contribution in [3.05, 3.63) is 46.8 Å². The van der Waals surface area contributed by atoms with Crippen LogP contribution in [0.4, 0.5) is 0 Å². The van der Waals surface area contributed by atoms with E-state index in [2.05, 4.69) is 9.72 Å². The number of thioether (sulfide) groups is 1. The molecule has 1 heterocycles. The van der Waals surface area contributed by atoms with Gasteiger partial charge < -0.3 is 4.74 Å². The van der Waals surface area contributed by atoms with Gasteiger partial charge >= 0.3 is 5.97 Å². The smallest absolute Gasteiger partial charge is 0.306 e. The standard InChI is InChI=1S/C17H16N2O3S/c1-19-16(21)13-9-11-5-3-4-6-12(11)10-14(13)18-17(19)23-8-7-15(20)22-2/h3-6,9-10H,7-8H2,1-2H3. The average molecular weight is 328 g/mol. The minimum Gasteiger partial charge on any atom is -0.469 e. The summed E-state index contributed by atoms with van der Waals surface area (Å²) >= 11 is 1.38. The van der Waals surface area contributed by atoms with Gasteiger partial charge in [0.05, 0.1) is 24.4 Å². The second-order valence-electron chi connectivity index (χ2n) is 5.15. The Bertz CT molecular complexity index is 950. The molecule has 118 valence electrons. The van der Waals surface area contributed by atoms with Crippen molar-refractivity contribution >= 4 is 39.4 Å². The Morgan fingerprint density at radius 1 is 1.26 bits per heavy atom. The van der Waals surface area contributed by atoms with E-state index < -0.39 is 0 Å². The highest BCUT2D eigenvalue weighted by Crippen LogP contribution is 2.22. The molecule has 0 radical (unpaired) electrons. The first-order valence-corrected chi connectivity index (χ1v) is 8.18. The van der Waals surface area contributed by atoms with Gasteiger partial charge in [-0.1, -0.05) is 36.0 Å². The molecule has 0 aliphatic heterocycles. The third-order valence-corrected chi connectivity index (χ3v) is 4.70. The van der Waals surface area contributed by atoms with Crippen LogP contribution < -0.4 is 5.56 Å². The van der Waals surface area contributed by atoms with Crippen molar-refractivity contribution < 1.29 is 9.53 Å². The summed E-state index contributed by atoms with van der Waals surface area (Å²) in [5.74, 6) is 0.251. The van der Waals surface area contributed by atoms with E-state index >= 15 is 0 Å². The van der Waals surface area contributed by atoms with E-state index in [1.807, 2.05) is 36.4 Å². The molecular formula is C17H16N2O3S. The first-order valence-electron chi connectivity index (χ1n) is 7.19. The number of hydrogen-bond acceptors (Lipinski definition) is 5. The van der Waals surface area contributed by atoms with Gasteiger partial charge in [0, 0.05) is 12.8 Å². The summed E-state index contributed by atoms with van der Waals surface area (Å²) in [6.45, 7) is 0. The van der Waals surface area contributed by atoms with Crippen molar-refractivity contribution in [3.63, 3.8) is 0 Å². The molecule has 5 nitrogen and oxygen atoms in total. The first kappa shape index (κ1) is 15.6. The second-order valence-corrected chi connectivity index (χ2v) is 6.21. The molecule has 0 aliphatic rings. The Kier molecular flexibility index (Phi) is 4.34. The number of benzene rings is 2. The van der Waals surface area contributed by atoms with Crippen molar-refractivity contribution in [2.45, 2.75) is 11.6 Å². The summed E-state index contributed by atoms with van der Waals surface area (Å²) in [6.07, 6.45) is 0.285. The van der Waals surface area contributed by atoms with Crippen LogP contribution in [0.15, 0.2) is 46.3 Å². The normalized spacial score (nSPS) is 11.0. The zero-order chi connectivity index (χ0) is 16.4. The van der Waals surface area contributed by atoms with E-state index in [0.717, 1.165) is 10.8 Å². The largest absolute Gasteiger partial charge is 0.469 e. The highest BCUT2D eigenvalue weighted by Gasteiger charge is 2.11. The van der Waals surface area contributed by atoms with Gasteiger partial charge in [-0.15, -0.1) is 0 Å². The lowest BCUT2D eigenvalue weighted by Crippen LogP contribution is -2.20. The Labute approximate surface area is 137 Å². The molecule has 0 bridgehead atoms. The molecule has 0 unspecified atom stereocenters. The van der Waals surface area contributed by atoms with Crippen LogP contribution in [0, 0.1) is 0 Å². The average Bonchev–Trinajstić information content (AvgIpc) is 2.57. The van der Waals surface area contributed by atoms with Gasteiger partial charge in [-0.25, -0.2) is 4.98 Å². The van der Waals surface area contributed by atoms with Crippen molar-refractivity contribution in [2.24, 2.45) is 7.05 Å². The predicted octanol–water partition coefficient (Wildman–Crippen LogP) is 2.74. The Morgan fingerprint density at radius 2 is 1.96 bits per heavy atom. The summed E-state index contributed by atoms with van der Waals surface area (Å²) in [6, 6.07) is 11.7. The summed E-state index contributed by atoms with van der Waals surface area (Å²) in [7, 11) is 3.06. The highest BCUT2D eigenvalue weighted by molar-refractivity contribution is 7.99. The maximum atomic E-state index is 12.6. The lowest BCUT2D eigenvalue weighted by atomic mass is 10.1. The number of hydrogen-bond donors (Lipinski definition) is 0. The molecule has 0 atom stereocenters. The van der Waals surface area contributed by atoms with Gasteiger partial charge in [0.2, 0.25) is 0 Å². The van der Waals surface area contributed by atoms with Crippen molar-refractivity contribution in [3.8, 4) is 0 Å². The van der Waals surface area contributed by atoms with Crippen LogP contribution in [0.1, 0.15) is 6.42 Å².